The van der Waals surface area contributed by atoms with E-state index in [1.165, 1.54) is 5.56 Å². The Morgan fingerprint density at radius 1 is 1.27 bits per heavy atom. The van der Waals surface area contributed by atoms with Gasteiger partial charge in [-0.1, -0.05) is 32.9 Å². The van der Waals surface area contributed by atoms with Crippen LogP contribution < -0.4 is 10.5 Å². The van der Waals surface area contributed by atoms with E-state index < -0.39 is 6.04 Å². The fraction of sp³-hybridized carbons (Fsp3) is 0.588. The quantitative estimate of drug-likeness (QED) is 0.873. The SMILES string of the molecule is COc1ccc(CCN(CC(C)(C)C)C(=O)[C@H](C)N)cc1.Cl. The molecule has 0 saturated heterocycles. The Kier molecular flexibility index (Phi) is 8.49. The van der Waals surface area contributed by atoms with Crippen LogP contribution in [0.4, 0.5) is 0 Å². The molecule has 0 saturated carbocycles. The molecule has 1 amide bonds. The first-order valence-corrected chi connectivity index (χ1v) is 7.40. The van der Waals surface area contributed by atoms with Gasteiger partial charge in [-0.2, -0.15) is 0 Å². The van der Waals surface area contributed by atoms with Crippen LogP contribution in [0.2, 0.25) is 0 Å². The van der Waals surface area contributed by atoms with Gasteiger partial charge in [0.25, 0.3) is 0 Å². The number of amides is 1. The van der Waals surface area contributed by atoms with Crippen LogP contribution >= 0.6 is 12.4 Å². The number of halogens is 1. The molecule has 126 valence electrons. The van der Waals surface area contributed by atoms with E-state index in [2.05, 4.69) is 20.8 Å². The molecule has 0 aliphatic rings. The van der Waals surface area contributed by atoms with Gasteiger partial charge in [0.1, 0.15) is 5.75 Å². The summed E-state index contributed by atoms with van der Waals surface area (Å²) < 4.78 is 5.15. The van der Waals surface area contributed by atoms with E-state index in [4.69, 9.17) is 10.5 Å². The van der Waals surface area contributed by atoms with Crippen LogP contribution in [0.15, 0.2) is 24.3 Å². The van der Waals surface area contributed by atoms with Crippen molar-refractivity contribution >= 4 is 18.3 Å². The fourth-order valence-corrected chi connectivity index (χ4v) is 2.18. The maximum atomic E-state index is 12.2. The van der Waals surface area contributed by atoms with Gasteiger partial charge >= 0.3 is 0 Å². The van der Waals surface area contributed by atoms with Gasteiger partial charge in [-0.3, -0.25) is 4.79 Å². The average molecular weight is 329 g/mol. The molecule has 0 radical (unpaired) electrons. The summed E-state index contributed by atoms with van der Waals surface area (Å²) in [5.74, 6) is 0.857. The Balaban J connectivity index is 0.00000441. The highest BCUT2D eigenvalue weighted by atomic mass is 35.5. The average Bonchev–Trinajstić information content (AvgIpc) is 2.41. The highest BCUT2D eigenvalue weighted by Gasteiger charge is 2.22. The zero-order valence-electron chi connectivity index (χ0n) is 14.3. The summed E-state index contributed by atoms with van der Waals surface area (Å²) in [4.78, 5) is 14.1. The molecule has 5 heteroatoms. The number of carbonyl (C=O) groups excluding carboxylic acids is 1. The van der Waals surface area contributed by atoms with Crippen LogP contribution in [0.1, 0.15) is 33.3 Å². The third-order valence-electron chi connectivity index (χ3n) is 3.20. The van der Waals surface area contributed by atoms with Gasteiger partial charge in [0, 0.05) is 13.1 Å². The summed E-state index contributed by atoms with van der Waals surface area (Å²) in [5, 5.41) is 0. The Morgan fingerprint density at radius 2 is 1.82 bits per heavy atom. The van der Waals surface area contributed by atoms with Gasteiger partial charge < -0.3 is 15.4 Å². The van der Waals surface area contributed by atoms with E-state index in [-0.39, 0.29) is 23.7 Å². The van der Waals surface area contributed by atoms with Crippen molar-refractivity contribution in [3.63, 3.8) is 0 Å². The van der Waals surface area contributed by atoms with E-state index >= 15 is 0 Å². The first-order chi connectivity index (χ1) is 9.73. The van der Waals surface area contributed by atoms with Gasteiger partial charge in [0.15, 0.2) is 0 Å². The predicted molar refractivity (Wildman–Crippen MR) is 93.6 cm³/mol. The molecule has 0 spiro atoms. The normalized spacial score (nSPS) is 12.3. The summed E-state index contributed by atoms with van der Waals surface area (Å²) >= 11 is 0. The van der Waals surface area contributed by atoms with Gasteiger partial charge in [0.05, 0.1) is 13.2 Å². The Morgan fingerprint density at radius 3 is 2.23 bits per heavy atom. The summed E-state index contributed by atoms with van der Waals surface area (Å²) in [5.41, 5.74) is 7.00. The fourth-order valence-electron chi connectivity index (χ4n) is 2.18. The van der Waals surface area contributed by atoms with Crippen molar-refractivity contribution < 1.29 is 9.53 Å². The third kappa shape index (κ3) is 7.14. The molecule has 1 aromatic carbocycles. The Labute approximate surface area is 140 Å². The van der Waals surface area contributed by atoms with Gasteiger partial charge in [-0.05, 0) is 36.5 Å². The van der Waals surface area contributed by atoms with Crippen molar-refractivity contribution in [3.8, 4) is 5.75 Å². The predicted octanol–water partition coefficient (Wildman–Crippen LogP) is 2.88. The van der Waals surface area contributed by atoms with Crippen molar-refractivity contribution in [3.05, 3.63) is 29.8 Å². The topological polar surface area (TPSA) is 55.6 Å². The lowest BCUT2D eigenvalue weighted by atomic mass is 9.95. The summed E-state index contributed by atoms with van der Waals surface area (Å²) in [6.07, 6.45) is 0.818. The number of hydrogen-bond donors (Lipinski definition) is 1. The number of hydrogen-bond acceptors (Lipinski definition) is 3. The van der Waals surface area contributed by atoms with E-state index in [9.17, 15) is 4.79 Å². The van der Waals surface area contributed by atoms with Crippen LogP contribution in [0.5, 0.6) is 5.75 Å². The van der Waals surface area contributed by atoms with Crippen molar-refractivity contribution in [2.45, 2.75) is 40.2 Å². The van der Waals surface area contributed by atoms with Crippen LogP contribution in [0.25, 0.3) is 0 Å². The summed E-state index contributed by atoms with van der Waals surface area (Å²) in [6.45, 7) is 9.52. The molecule has 0 aliphatic heterocycles. The van der Waals surface area contributed by atoms with E-state index in [0.717, 1.165) is 12.2 Å². The lowest BCUT2D eigenvalue weighted by Crippen LogP contribution is -2.46. The smallest absolute Gasteiger partial charge is 0.239 e. The van der Waals surface area contributed by atoms with Crippen LogP contribution in [0.3, 0.4) is 0 Å². The standard InChI is InChI=1S/C17H28N2O2.ClH/c1-13(18)16(20)19(12-17(2,3)4)11-10-14-6-8-15(21-5)9-7-14;/h6-9,13H,10-12,18H2,1-5H3;1H/t13-;/m0./s1. The van der Waals surface area contributed by atoms with Gasteiger partial charge in [-0.15, -0.1) is 12.4 Å². The lowest BCUT2D eigenvalue weighted by Gasteiger charge is -2.31. The minimum Gasteiger partial charge on any atom is -0.497 e. The molecule has 0 fully saturated rings. The molecule has 0 aromatic heterocycles. The maximum absolute atomic E-state index is 12.2. The summed E-state index contributed by atoms with van der Waals surface area (Å²) in [7, 11) is 1.65. The molecule has 0 heterocycles. The molecular formula is C17H29ClN2O2. The Bertz CT molecular complexity index is 453. The molecule has 1 aromatic rings. The number of carbonyl (C=O) groups is 1. The highest BCUT2D eigenvalue weighted by molar-refractivity contribution is 5.85. The van der Waals surface area contributed by atoms with Crippen LogP contribution in [0, 0.1) is 5.41 Å². The summed E-state index contributed by atoms with van der Waals surface area (Å²) in [6, 6.07) is 7.49. The molecular weight excluding hydrogens is 300 g/mol. The molecule has 0 aliphatic carbocycles. The number of benzene rings is 1. The molecule has 4 nitrogen and oxygen atoms in total. The molecule has 2 N–H and O–H groups in total. The van der Waals surface area contributed by atoms with Crippen molar-refractivity contribution in [2.24, 2.45) is 11.1 Å². The van der Waals surface area contributed by atoms with Gasteiger partial charge in [0.2, 0.25) is 5.91 Å². The van der Waals surface area contributed by atoms with E-state index in [1.807, 2.05) is 29.2 Å². The molecule has 22 heavy (non-hydrogen) atoms. The number of ether oxygens (including phenoxy) is 1. The minimum absolute atomic E-state index is 0. The molecule has 1 atom stereocenters. The second-order valence-electron chi connectivity index (χ2n) is 6.71. The number of methoxy groups -OCH3 is 1. The van der Waals surface area contributed by atoms with Crippen LogP contribution in [-0.4, -0.2) is 37.0 Å². The maximum Gasteiger partial charge on any atom is 0.239 e. The molecule has 0 bridgehead atoms. The minimum atomic E-state index is -0.455. The molecule has 0 unspecified atom stereocenters. The highest BCUT2D eigenvalue weighted by Crippen LogP contribution is 2.17. The number of nitrogens with two attached hydrogens (primary N) is 1. The largest absolute Gasteiger partial charge is 0.497 e. The van der Waals surface area contributed by atoms with Crippen LogP contribution in [-0.2, 0) is 11.2 Å². The zero-order valence-corrected chi connectivity index (χ0v) is 15.1. The lowest BCUT2D eigenvalue weighted by molar-refractivity contribution is -0.133. The second-order valence-corrected chi connectivity index (χ2v) is 6.71. The van der Waals surface area contributed by atoms with Crippen molar-refractivity contribution in [1.29, 1.82) is 0 Å². The van der Waals surface area contributed by atoms with E-state index in [1.54, 1.807) is 14.0 Å². The second kappa shape index (κ2) is 9.01. The van der Waals surface area contributed by atoms with Crippen molar-refractivity contribution in [1.82, 2.24) is 4.90 Å². The first kappa shape index (κ1) is 20.7. The number of nitrogens with zero attached hydrogens (tertiary/aromatic N) is 1. The zero-order chi connectivity index (χ0) is 16.0. The first-order valence-electron chi connectivity index (χ1n) is 7.40. The third-order valence-corrected chi connectivity index (χ3v) is 3.20. The molecule has 1 rings (SSSR count). The van der Waals surface area contributed by atoms with Gasteiger partial charge in [-0.25, -0.2) is 0 Å². The number of rotatable bonds is 6. The monoisotopic (exact) mass is 328 g/mol. The van der Waals surface area contributed by atoms with E-state index in [0.29, 0.717) is 13.1 Å². The van der Waals surface area contributed by atoms with Crippen molar-refractivity contribution in [2.75, 3.05) is 20.2 Å². The Hall–Kier alpha value is -1.26.